The first-order valence-corrected chi connectivity index (χ1v) is 14.3. The molecule has 0 unspecified atom stereocenters. The van der Waals surface area contributed by atoms with E-state index < -0.39 is 10.0 Å². The lowest BCUT2D eigenvalue weighted by Gasteiger charge is -2.24. The number of amides is 2. The van der Waals surface area contributed by atoms with Crippen molar-refractivity contribution in [3.05, 3.63) is 120 Å². The number of carbonyl (C=O) groups excluding carboxylic acids is 2. The van der Waals surface area contributed by atoms with Crippen molar-refractivity contribution >= 4 is 45.0 Å². The van der Waals surface area contributed by atoms with Crippen LogP contribution >= 0.6 is 11.8 Å². The third-order valence-corrected chi connectivity index (χ3v) is 8.61. The summed E-state index contributed by atoms with van der Waals surface area (Å²) in [6.07, 6.45) is 2.97. The van der Waals surface area contributed by atoms with Crippen LogP contribution in [0.25, 0.3) is 0 Å². The zero-order chi connectivity index (χ0) is 26.5. The van der Waals surface area contributed by atoms with E-state index in [1.54, 1.807) is 42.2 Å². The van der Waals surface area contributed by atoms with E-state index in [-0.39, 0.29) is 22.1 Å². The number of rotatable bonds is 8. The molecule has 0 radical (unpaired) electrons. The lowest BCUT2D eigenvalue weighted by molar-refractivity contribution is -0.128. The van der Waals surface area contributed by atoms with Crippen molar-refractivity contribution in [1.29, 1.82) is 0 Å². The highest BCUT2D eigenvalue weighted by atomic mass is 32.2. The van der Waals surface area contributed by atoms with E-state index in [9.17, 15) is 18.0 Å². The number of benzene rings is 3. The molecule has 0 saturated carbocycles. The Balaban J connectivity index is 1.23. The van der Waals surface area contributed by atoms with E-state index >= 15 is 0 Å². The number of sulfonamides is 1. The summed E-state index contributed by atoms with van der Waals surface area (Å²) in [5.74, 6) is 0.187. The van der Waals surface area contributed by atoms with Crippen LogP contribution in [0.3, 0.4) is 0 Å². The molecular formula is C28H24N4O4S2. The second-order valence-corrected chi connectivity index (χ2v) is 11.4. The highest BCUT2D eigenvalue weighted by Crippen LogP contribution is 2.39. The molecule has 1 aromatic heterocycles. The van der Waals surface area contributed by atoms with Gasteiger partial charge in [0, 0.05) is 24.0 Å². The van der Waals surface area contributed by atoms with E-state index in [0.717, 1.165) is 11.1 Å². The molecule has 8 nitrogen and oxygen atoms in total. The molecule has 0 aliphatic carbocycles. The average molecular weight is 545 g/mol. The van der Waals surface area contributed by atoms with Crippen LogP contribution < -0.4 is 10.0 Å². The van der Waals surface area contributed by atoms with Crippen LogP contribution in [0.1, 0.15) is 26.9 Å². The normalized spacial score (nSPS) is 15.3. The number of carbonyl (C=O) groups is 2. The van der Waals surface area contributed by atoms with E-state index in [0.29, 0.717) is 29.2 Å². The minimum Gasteiger partial charge on any atom is -0.322 e. The van der Waals surface area contributed by atoms with Crippen molar-refractivity contribution in [2.75, 3.05) is 15.8 Å². The molecule has 0 bridgehead atoms. The molecule has 38 heavy (non-hydrogen) atoms. The first-order valence-electron chi connectivity index (χ1n) is 11.8. The standard InChI is InChI=1S/C28H24N4O4S2/c33-26-19-37-28(32(26)18-20-5-2-1-3-6-20)22-10-8-21(9-11-22)27(34)30-23-12-14-25(15-13-23)38(35,36)31-24-7-4-16-29-17-24/h1-17,28,31H,18-19H2,(H,30,34)/t28-/m1/s1. The molecule has 1 aliphatic heterocycles. The summed E-state index contributed by atoms with van der Waals surface area (Å²) in [7, 11) is -3.78. The van der Waals surface area contributed by atoms with Gasteiger partial charge in [0.2, 0.25) is 5.91 Å². The second kappa shape index (κ2) is 11.1. The molecular weight excluding hydrogens is 520 g/mol. The van der Waals surface area contributed by atoms with Crippen LogP contribution in [0.4, 0.5) is 11.4 Å². The Morgan fingerprint density at radius 1 is 0.921 bits per heavy atom. The van der Waals surface area contributed by atoms with Gasteiger partial charge in [0.05, 0.1) is 22.5 Å². The number of nitrogens with one attached hydrogen (secondary N) is 2. The number of thioether (sulfide) groups is 1. The molecule has 1 aliphatic rings. The zero-order valence-corrected chi connectivity index (χ0v) is 21.8. The quantitative estimate of drug-likeness (QED) is 0.326. The molecule has 10 heteroatoms. The van der Waals surface area contributed by atoms with Crippen LogP contribution in [0.2, 0.25) is 0 Å². The lowest BCUT2D eigenvalue weighted by Crippen LogP contribution is -2.27. The number of anilines is 2. The first kappa shape index (κ1) is 25.5. The summed E-state index contributed by atoms with van der Waals surface area (Å²) in [6.45, 7) is 0.531. The molecule has 0 spiro atoms. The van der Waals surface area contributed by atoms with Crippen LogP contribution in [0.15, 0.2) is 108 Å². The Morgan fingerprint density at radius 3 is 2.34 bits per heavy atom. The first-order chi connectivity index (χ1) is 18.4. The third-order valence-electron chi connectivity index (χ3n) is 5.96. The van der Waals surface area contributed by atoms with Crippen molar-refractivity contribution in [3.63, 3.8) is 0 Å². The summed E-state index contributed by atoms with van der Waals surface area (Å²) >= 11 is 1.57. The number of hydrogen-bond donors (Lipinski definition) is 2. The predicted molar refractivity (Wildman–Crippen MR) is 148 cm³/mol. The van der Waals surface area contributed by atoms with Gasteiger partial charge in [-0.1, -0.05) is 42.5 Å². The molecule has 5 rings (SSSR count). The van der Waals surface area contributed by atoms with Gasteiger partial charge in [-0.25, -0.2) is 8.42 Å². The fraction of sp³-hybridized carbons (Fsp3) is 0.107. The van der Waals surface area contributed by atoms with E-state index in [1.807, 2.05) is 47.4 Å². The van der Waals surface area contributed by atoms with Gasteiger partial charge in [0.15, 0.2) is 0 Å². The van der Waals surface area contributed by atoms with Crippen LogP contribution in [-0.4, -0.2) is 35.9 Å². The number of hydrogen-bond acceptors (Lipinski definition) is 6. The fourth-order valence-electron chi connectivity index (χ4n) is 4.04. The Bertz CT molecular complexity index is 1530. The van der Waals surface area contributed by atoms with Gasteiger partial charge in [0.1, 0.15) is 5.37 Å². The van der Waals surface area contributed by atoms with Gasteiger partial charge < -0.3 is 10.2 Å². The van der Waals surface area contributed by atoms with Gasteiger partial charge in [-0.15, -0.1) is 11.8 Å². The van der Waals surface area contributed by atoms with E-state index in [2.05, 4.69) is 15.0 Å². The smallest absolute Gasteiger partial charge is 0.261 e. The summed E-state index contributed by atoms with van der Waals surface area (Å²) in [4.78, 5) is 31.1. The van der Waals surface area contributed by atoms with Crippen LogP contribution in [0, 0.1) is 0 Å². The Morgan fingerprint density at radius 2 is 1.66 bits per heavy atom. The second-order valence-electron chi connectivity index (χ2n) is 8.62. The number of pyridine rings is 1. The van der Waals surface area contributed by atoms with Crippen LogP contribution in [-0.2, 0) is 21.4 Å². The van der Waals surface area contributed by atoms with Crippen molar-refractivity contribution in [3.8, 4) is 0 Å². The SMILES string of the molecule is O=C(Nc1ccc(S(=O)(=O)Nc2cccnc2)cc1)c1ccc([C@H]2SCC(=O)N2Cc2ccccc2)cc1. The molecule has 3 aromatic carbocycles. The molecule has 4 aromatic rings. The lowest BCUT2D eigenvalue weighted by atomic mass is 10.1. The fourth-order valence-corrected chi connectivity index (χ4v) is 6.27. The molecule has 2 N–H and O–H groups in total. The maximum Gasteiger partial charge on any atom is 0.261 e. The highest BCUT2D eigenvalue weighted by Gasteiger charge is 2.32. The van der Waals surface area contributed by atoms with Gasteiger partial charge in [-0.05, 0) is 59.7 Å². The van der Waals surface area contributed by atoms with Crippen molar-refractivity contribution in [2.45, 2.75) is 16.8 Å². The van der Waals surface area contributed by atoms with Gasteiger partial charge in [0.25, 0.3) is 15.9 Å². The predicted octanol–water partition coefficient (Wildman–Crippen LogP) is 4.91. The minimum atomic E-state index is -3.78. The Labute approximate surface area is 225 Å². The topological polar surface area (TPSA) is 108 Å². The molecule has 1 atom stereocenters. The Kier molecular flexibility index (Phi) is 7.43. The summed E-state index contributed by atoms with van der Waals surface area (Å²) in [5.41, 5.74) is 3.29. The number of aromatic nitrogens is 1. The largest absolute Gasteiger partial charge is 0.322 e. The van der Waals surface area contributed by atoms with E-state index in [4.69, 9.17) is 0 Å². The van der Waals surface area contributed by atoms with Gasteiger partial charge in [-0.3, -0.25) is 19.3 Å². The average Bonchev–Trinajstić information content (AvgIpc) is 3.29. The molecule has 2 heterocycles. The summed E-state index contributed by atoms with van der Waals surface area (Å²) in [5, 5.41) is 2.67. The molecule has 1 fully saturated rings. The third kappa shape index (κ3) is 5.87. The van der Waals surface area contributed by atoms with Crippen molar-refractivity contribution in [1.82, 2.24) is 9.88 Å². The van der Waals surface area contributed by atoms with Crippen molar-refractivity contribution < 1.29 is 18.0 Å². The Hall–Kier alpha value is -4.15. The summed E-state index contributed by atoms with van der Waals surface area (Å²) < 4.78 is 27.6. The molecule has 1 saturated heterocycles. The maximum absolute atomic E-state index is 12.8. The van der Waals surface area contributed by atoms with E-state index in [1.165, 1.54) is 30.5 Å². The van der Waals surface area contributed by atoms with Crippen LogP contribution in [0.5, 0.6) is 0 Å². The zero-order valence-electron chi connectivity index (χ0n) is 20.2. The number of nitrogens with zero attached hydrogens (tertiary/aromatic N) is 2. The minimum absolute atomic E-state index is 0.0624. The molecule has 2 amide bonds. The monoisotopic (exact) mass is 544 g/mol. The summed E-state index contributed by atoms with van der Waals surface area (Å²) in [6, 6.07) is 26.2. The maximum atomic E-state index is 12.8. The molecule has 192 valence electrons. The highest BCUT2D eigenvalue weighted by molar-refractivity contribution is 8.00. The van der Waals surface area contributed by atoms with Gasteiger partial charge >= 0.3 is 0 Å². The van der Waals surface area contributed by atoms with Gasteiger partial charge in [-0.2, -0.15) is 0 Å². The van der Waals surface area contributed by atoms with Crippen molar-refractivity contribution in [2.24, 2.45) is 0 Å².